The first kappa shape index (κ1) is 23.6. The van der Waals surface area contributed by atoms with Crippen molar-refractivity contribution < 1.29 is 9.53 Å². The number of carbonyl (C=O) groups excluding carboxylic acids is 1. The number of benzene rings is 2. The van der Waals surface area contributed by atoms with Crippen molar-refractivity contribution in [3.8, 4) is 22.8 Å². The van der Waals surface area contributed by atoms with Gasteiger partial charge in [0.15, 0.2) is 11.0 Å². The van der Waals surface area contributed by atoms with Gasteiger partial charge in [-0.3, -0.25) is 9.36 Å². The Kier molecular flexibility index (Phi) is 7.60. The van der Waals surface area contributed by atoms with Gasteiger partial charge in [-0.25, -0.2) is 0 Å². The first-order chi connectivity index (χ1) is 15.9. The zero-order valence-corrected chi connectivity index (χ0v) is 20.8. The minimum Gasteiger partial charge on any atom is -0.494 e. The summed E-state index contributed by atoms with van der Waals surface area (Å²) in [5, 5.41) is 10.2. The lowest BCUT2D eigenvalue weighted by molar-refractivity contribution is -0.130. The van der Waals surface area contributed by atoms with Crippen LogP contribution < -0.4 is 4.74 Å². The molecule has 1 fully saturated rings. The fourth-order valence-electron chi connectivity index (χ4n) is 4.35. The first-order valence-corrected chi connectivity index (χ1v) is 12.7. The molecule has 33 heavy (non-hydrogen) atoms. The molecule has 1 aromatic heterocycles. The summed E-state index contributed by atoms with van der Waals surface area (Å²) in [6.45, 7) is 8.63. The lowest BCUT2D eigenvalue weighted by Crippen LogP contribution is -2.43. The number of amides is 1. The number of piperidine rings is 1. The van der Waals surface area contributed by atoms with E-state index in [4.69, 9.17) is 16.3 Å². The lowest BCUT2D eigenvalue weighted by Gasteiger charge is -2.34. The number of carbonyl (C=O) groups is 1. The van der Waals surface area contributed by atoms with Crippen LogP contribution in [0, 0.1) is 11.8 Å². The number of hydrogen-bond acceptors (Lipinski definition) is 5. The number of likely N-dealkylation sites (tertiary alicyclic amines) is 1. The summed E-state index contributed by atoms with van der Waals surface area (Å²) in [5.41, 5.74) is 1.76. The van der Waals surface area contributed by atoms with E-state index in [1.165, 1.54) is 18.2 Å². The van der Waals surface area contributed by atoms with Gasteiger partial charge in [0.05, 0.1) is 12.4 Å². The molecule has 0 spiro atoms. The zero-order valence-electron chi connectivity index (χ0n) is 19.2. The van der Waals surface area contributed by atoms with E-state index in [0.29, 0.717) is 40.2 Å². The van der Waals surface area contributed by atoms with Crippen LogP contribution in [0.25, 0.3) is 17.1 Å². The molecule has 0 unspecified atom stereocenters. The van der Waals surface area contributed by atoms with Gasteiger partial charge >= 0.3 is 0 Å². The van der Waals surface area contributed by atoms with Crippen LogP contribution in [0.5, 0.6) is 5.75 Å². The van der Waals surface area contributed by atoms with E-state index in [2.05, 4.69) is 24.0 Å². The monoisotopic (exact) mass is 484 g/mol. The fourth-order valence-corrected chi connectivity index (χ4v) is 5.40. The van der Waals surface area contributed by atoms with Crippen LogP contribution in [0.2, 0.25) is 5.02 Å². The topological polar surface area (TPSA) is 60.2 Å². The Balaban J connectivity index is 1.61. The van der Waals surface area contributed by atoms with Crippen LogP contribution >= 0.6 is 23.4 Å². The Bertz CT molecular complexity index is 1090. The molecule has 1 aliphatic heterocycles. The molecule has 1 saturated heterocycles. The molecule has 1 aliphatic rings. The minimum absolute atomic E-state index is 0.143. The molecule has 6 nitrogen and oxygen atoms in total. The fraction of sp³-hybridized carbons (Fsp3) is 0.400. The standard InChI is InChI=1S/C25H29ClN4O2S/c1-4-32-22-10-8-21(9-11-22)30-24(19-6-5-7-20(26)13-19)27-28-25(30)33-16-23(31)29-14-17(2)12-18(3)15-29/h5-11,13,17-18H,4,12,14-16H2,1-3H3/t17-,18-/m0/s1. The van der Waals surface area contributed by atoms with Crippen LogP contribution in [-0.4, -0.2) is 51.0 Å². The lowest BCUT2D eigenvalue weighted by atomic mass is 9.92. The van der Waals surface area contributed by atoms with Gasteiger partial charge in [0.25, 0.3) is 0 Å². The molecule has 0 radical (unpaired) electrons. The maximum absolute atomic E-state index is 13.0. The maximum atomic E-state index is 13.0. The Morgan fingerprint density at radius 2 is 1.85 bits per heavy atom. The highest BCUT2D eigenvalue weighted by molar-refractivity contribution is 7.99. The second kappa shape index (κ2) is 10.6. The maximum Gasteiger partial charge on any atom is 0.233 e. The molecule has 174 valence electrons. The molecule has 2 aromatic carbocycles. The highest BCUT2D eigenvalue weighted by Crippen LogP contribution is 2.30. The van der Waals surface area contributed by atoms with Gasteiger partial charge in [-0.15, -0.1) is 10.2 Å². The van der Waals surface area contributed by atoms with Crippen molar-refractivity contribution >= 4 is 29.3 Å². The second-order valence-electron chi connectivity index (χ2n) is 8.61. The van der Waals surface area contributed by atoms with Crippen molar-refractivity contribution in [1.82, 2.24) is 19.7 Å². The Hall–Kier alpha value is -2.51. The van der Waals surface area contributed by atoms with Crippen molar-refractivity contribution in [3.05, 3.63) is 53.6 Å². The van der Waals surface area contributed by atoms with Gasteiger partial charge in [-0.2, -0.15) is 0 Å². The molecule has 0 N–H and O–H groups in total. The summed E-state index contributed by atoms with van der Waals surface area (Å²) in [6, 6.07) is 15.4. The van der Waals surface area contributed by atoms with Crippen molar-refractivity contribution in [1.29, 1.82) is 0 Å². The predicted octanol–water partition coefficient (Wildman–Crippen LogP) is 5.58. The van der Waals surface area contributed by atoms with Crippen molar-refractivity contribution in [2.45, 2.75) is 32.3 Å². The normalized spacial score (nSPS) is 18.4. The number of halogens is 1. The van der Waals surface area contributed by atoms with Gasteiger partial charge in [-0.1, -0.05) is 49.3 Å². The average molecular weight is 485 g/mol. The summed E-state index contributed by atoms with van der Waals surface area (Å²) in [4.78, 5) is 14.9. The second-order valence-corrected chi connectivity index (χ2v) is 9.99. The Morgan fingerprint density at radius 3 is 2.52 bits per heavy atom. The number of rotatable bonds is 7. The predicted molar refractivity (Wildman–Crippen MR) is 133 cm³/mol. The van der Waals surface area contributed by atoms with Crippen LogP contribution in [0.15, 0.2) is 53.7 Å². The van der Waals surface area contributed by atoms with Gasteiger partial charge in [0, 0.05) is 29.4 Å². The molecule has 4 rings (SSSR count). The summed E-state index contributed by atoms with van der Waals surface area (Å²) in [6.07, 6.45) is 1.17. The number of thioether (sulfide) groups is 1. The molecular formula is C25H29ClN4O2S. The summed E-state index contributed by atoms with van der Waals surface area (Å²) in [5.74, 6) is 3.01. The smallest absolute Gasteiger partial charge is 0.233 e. The number of ether oxygens (including phenoxy) is 1. The third-order valence-corrected chi connectivity index (χ3v) is 6.82. The van der Waals surface area contributed by atoms with Crippen LogP contribution in [-0.2, 0) is 4.79 Å². The largest absolute Gasteiger partial charge is 0.494 e. The van der Waals surface area contributed by atoms with Gasteiger partial charge < -0.3 is 9.64 Å². The first-order valence-electron chi connectivity index (χ1n) is 11.3. The van der Waals surface area contributed by atoms with Crippen LogP contribution in [0.1, 0.15) is 27.2 Å². The summed E-state index contributed by atoms with van der Waals surface area (Å²) in [7, 11) is 0. The van der Waals surface area contributed by atoms with Gasteiger partial charge in [0.2, 0.25) is 5.91 Å². The minimum atomic E-state index is 0.143. The van der Waals surface area contributed by atoms with E-state index in [9.17, 15) is 4.79 Å². The third-order valence-electron chi connectivity index (χ3n) is 5.67. The molecule has 0 saturated carbocycles. The van der Waals surface area contributed by atoms with E-state index in [0.717, 1.165) is 30.1 Å². The van der Waals surface area contributed by atoms with E-state index >= 15 is 0 Å². The number of nitrogens with zero attached hydrogens (tertiary/aromatic N) is 4. The van der Waals surface area contributed by atoms with E-state index < -0.39 is 0 Å². The highest BCUT2D eigenvalue weighted by atomic mass is 35.5. The molecule has 2 heterocycles. The van der Waals surface area contributed by atoms with Crippen LogP contribution in [0.3, 0.4) is 0 Å². The van der Waals surface area contributed by atoms with Gasteiger partial charge in [-0.05, 0) is 61.6 Å². The third kappa shape index (κ3) is 5.71. The summed E-state index contributed by atoms with van der Waals surface area (Å²) >= 11 is 7.65. The van der Waals surface area contributed by atoms with Crippen molar-refractivity contribution in [2.75, 3.05) is 25.4 Å². The van der Waals surface area contributed by atoms with E-state index in [1.807, 2.05) is 64.9 Å². The molecular weight excluding hydrogens is 456 g/mol. The molecule has 2 atom stereocenters. The zero-order chi connectivity index (χ0) is 23.4. The molecule has 0 aliphatic carbocycles. The quantitative estimate of drug-likeness (QED) is 0.409. The number of hydrogen-bond donors (Lipinski definition) is 0. The highest BCUT2D eigenvalue weighted by Gasteiger charge is 2.26. The Morgan fingerprint density at radius 1 is 1.12 bits per heavy atom. The van der Waals surface area contributed by atoms with Gasteiger partial charge in [0.1, 0.15) is 5.75 Å². The van der Waals surface area contributed by atoms with E-state index in [1.54, 1.807) is 0 Å². The SMILES string of the molecule is CCOc1ccc(-n2c(SCC(=O)N3C[C@@H](C)C[C@H](C)C3)nnc2-c2cccc(Cl)c2)cc1. The number of aromatic nitrogens is 3. The summed E-state index contributed by atoms with van der Waals surface area (Å²) < 4.78 is 7.56. The van der Waals surface area contributed by atoms with Crippen molar-refractivity contribution in [3.63, 3.8) is 0 Å². The molecule has 3 aromatic rings. The average Bonchev–Trinajstić information content (AvgIpc) is 3.21. The Labute approximate surface area is 204 Å². The molecule has 8 heteroatoms. The molecule has 0 bridgehead atoms. The van der Waals surface area contributed by atoms with Crippen LogP contribution in [0.4, 0.5) is 0 Å². The molecule has 1 amide bonds. The van der Waals surface area contributed by atoms with Crippen molar-refractivity contribution in [2.24, 2.45) is 11.8 Å². The van der Waals surface area contributed by atoms with E-state index in [-0.39, 0.29) is 5.91 Å².